The predicted molar refractivity (Wildman–Crippen MR) is 70.5 cm³/mol. The zero-order valence-electron chi connectivity index (χ0n) is 11.3. The van der Waals surface area contributed by atoms with Crippen LogP contribution in [0.4, 0.5) is 10.5 Å². The first-order valence-electron chi connectivity index (χ1n) is 6.46. The van der Waals surface area contributed by atoms with E-state index in [1.54, 1.807) is 4.90 Å². The molecule has 0 spiro atoms. The predicted octanol–water partition coefficient (Wildman–Crippen LogP) is 0.610. The van der Waals surface area contributed by atoms with Gasteiger partial charge in [0, 0.05) is 25.9 Å². The average Bonchev–Trinajstić information content (AvgIpc) is 2.67. The van der Waals surface area contributed by atoms with E-state index >= 15 is 0 Å². The molecule has 0 radical (unpaired) electrons. The summed E-state index contributed by atoms with van der Waals surface area (Å²) in [6.07, 6.45) is 3.73. The highest BCUT2D eigenvalue weighted by molar-refractivity contribution is 5.89. The van der Waals surface area contributed by atoms with Gasteiger partial charge in [-0.05, 0) is 13.3 Å². The molecule has 1 aliphatic heterocycles. The van der Waals surface area contributed by atoms with E-state index in [0.29, 0.717) is 25.4 Å². The van der Waals surface area contributed by atoms with Crippen LogP contribution in [0.5, 0.6) is 0 Å². The van der Waals surface area contributed by atoms with Gasteiger partial charge in [0.1, 0.15) is 6.54 Å². The number of nitrogens with one attached hydrogen (secondary N) is 1. The highest BCUT2D eigenvalue weighted by atomic mass is 16.5. The number of anilines is 1. The van der Waals surface area contributed by atoms with Crippen LogP contribution in [0.15, 0.2) is 12.4 Å². The summed E-state index contributed by atoms with van der Waals surface area (Å²) < 4.78 is 6.73. The Morgan fingerprint density at radius 1 is 1.60 bits per heavy atom. The Labute approximate surface area is 116 Å². The van der Waals surface area contributed by atoms with Gasteiger partial charge in [-0.2, -0.15) is 5.10 Å². The van der Waals surface area contributed by atoms with Crippen molar-refractivity contribution in [1.82, 2.24) is 14.7 Å². The summed E-state index contributed by atoms with van der Waals surface area (Å²) in [7, 11) is 0. The largest absolute Gasteiger partial charge is 0.480 e. The van der Waals surface area contributed by atoms with Crippen molar-refractivity contribution in [2.45, 2.75) is 26.0 Å². The number of nitrogens with zero attached hydrogens (tertiary/aromatic N) is 3. The molecule has 1 fully saturated rings. The van der Waals surface area contributed by atoms with E-state index in [9.17, 15) is 9.59 Å². The lowest BCUT2D eigenvalue weighted by molar-refractivity contribution is -0.137. The van der Waals surface area contributed by atoms with E-state index < -0.39 is 5.97 Å². The standard InChI is InChI=1S/C12H18N4O4/c1-9-6-15(3-2-4-20-9)12(19)14-10-5-13-16(7-10)8-11(17)18/h5,7,9H,2-4,6,8H2,1H3,(H,14,19)(H,17,18). The fourth-order valence-corrected chi connectivity index (χ4v) is 2.03. The molecule has 1 saturated heterocycles. The van der Waals surface area contributed by atoms with Crippen molar-refractivity contribution in [2.75, 3.05) is 25.0 Å². The van der Waals surface area contributed by atoms with E-state index in [2.05, 4.69) is 10.4 Å². The van der Waals surface area contributed by atoms with Gasteiger partial charge < -0.3 is 20.1 Å². The van der Waals surface area contributed by atoms with Gasteiger partial charge in [0.15, 0.2) is 0 Å². The molecule has 8 heteroatoms. The van der Waals surface area contributed by atoms with Gasteiger partial charge in [-0.25, -0.2) is 4.79 Å². The van der Waals surface area contributed by atoms with Gasteiger partial charge in [0.05, 0.1) is 18.0 Å². The molecule has 1 aromatic rings. The number of amides is 2. The van der Waals surface area contributed by atoms with E-state index in [0.717, 1.165) is 6.42 Å². The molecule has 0 aromatic carbocycles. The van der Waals surface area contributed by atoms with Crippen molar-refractivity contribution in [3.8, 4) is 0 Å². The average molecular weight is 282 g/mol. The third kappa shape index (κ3) is 3.95. The monoisotopic (exact) mass is 282 g/mol. The SMILES string of the molecule is CC1CN(C(=O)Nc2cnn(CC(=O)O)c2)CCCO1. The van der Waals surface area contributed by atoms with E-state index in [1.807, 2.05) is 6.92 Å². The summed E-state index contributed by atoms with van der Waals surface area (Å²) >= 11 is 0. The fourth-order valence-electron chi connectivity index (χ4n) is 2.03. The Balaban J connectivity index is 1.93. The van der Waals surface area contributed by atoms with Crippen molar-refractivity contribution < 1.29 is 19.4 Å². The van der Waals surface area contributed by atoms with Crippen molar-refractivity contribution in [2.24, 2.45) is 0 Å². The van der Waals surface area contributed by atoms with Crippen LogP contribution >= 0.6 is 0 Å². The van der Waals surface area contributed by atoms with Gasteiger partial charge in [0.25, 0.3) is 0 Å². The van der Waals surface area contributed by atoms with Crippen LogP contribution in [0, 0.1) is 0 Å². The Morgan fingerprint density at radius 3 is 3.15 bits per heavy atom. The van der Waals surface area contributed by atoms with Crippen LogP contribution in [0.3, 0.4) is 0 Å². The summed E-state index contributed by atoms with van der Waals surface area (Å²) in [5.74, 6) is -0.982. The lowest BCUT2D eigenvalue weighted by Gasteiger charge is -2.22. The highest BCUT2D eigenvalue weighted by Gasteiger charge is 2.20. The number of carbonyl (C=O) groups excluding carboxylic acids is 1. The molecule has 2 amide bonds. The second-order valence-corrected chi connectivity index (χ2v) is 4.73. The Morgan fingerprint density at radius 2 is 2.40 bits per heavy atom. The molecule has 2 N–H and O–H groups in total. The summed E-state index contributed by atoms with van der Waals surface area (Å²) in [5.41, 5.74) is 0.481. The smallest absolute Gasteiger partial charge is 0.325 e. The first-order valence-corrected chi connectivity index (χ1v) is 6.46. The van der Waals surface area contributed by atoms with Crippen LogP contribution in [0.1, 0.15) is 13.3 Å². The van der Waals surface area contributed by atoms with Gasteiger partial charge in [-0.1, -0.05) is 0 Å². The molecule has 0 aliphatic carbocycles. The number of ether oxygens (including phenoxy) is 1. The minimum absolute atomic E-state index is 0.0120. The first-order chi connectivity index (χ1) is 9.54. The summed E-state index contributed by atoms with van der Waals surface area (Å²) in [4.78, 5) is 24.3. The molecule has 1 atom stereocenters. The summed E-state index contributed by atoms with van der Waals surface area (Å²) in [6.45, 7) is 3.52. The molecule has 1 aliphatic rings. The minimum Gasteiger partial charge on any atom is -0.480 e. The maximum absolute atomic E-state index is 12.1. The number of hydrogen-bond donors (Lipinski definition) is 2. The fraction of sp³-hybridized carbons (Fsp3) is 0.583. The number of carboxylic acid groups (broad SMARTS) is 1. The maximum atomic E-state index is 12.1. The highest BCUT2D eigenvalue weighted by Crippen LogP contribution is 2.10. The molecule has 8 nitrogen and oxygen atoms in total. The molecular formula is C12H18N4O4. The van der Waals surface area contributed by atoms with E-state index in [-0.39, 0.29) is 18.7 Å². The topological polar surface area (TPSA) is 96.7 Å². The number of rotatable bonds is 3. The lowest BCUT2D eigenvalue weighted by Crippen LogP contribution is -2.38. The van der Waals surface area contributed by atoms with Gasteiger partial charge in [-0.3, -0.25) is 9.48 Å². The number of urea groups is 1. The van der Waals surface area contributed by atoms with Crippen molar-refractivity contribution in [1.29, 1.82) is 0 Å². The Bertz CT molecular complexity index is 488. The van der Waals surface area contributed by atoms with Crippen molar-refractivity contribution in [3.05, 3.63) is 12.4 Å². The van der Waals surface area contributed by atoms with E-state index in [1.165, 1.54) is 17.1 Å². The third-order valence-electron chi connectivity index (χ3n) is 2.92. The molecule has 110 valence electrons. The van der Waals surface area contributed by atoms with Crippen molar-refractivity contribution >= 4 is 17.7 Å². The molecule has 1 unspecified atom stereocenters. The first kappa shape index (κ1) is 14.3. The second kappa shape index (κ2) is 6.38. The molecular weight excluding hydrogens is 264 g/mol. The zero-order valence-corrected chi connectivity index (χ0v) is 11.3. The summed E-state index contributed by atoms with van der Waals surface area (Å²) in [5, 5.41) is 15.2. The second-order valence-electron chi connectivity index (χ2n) is 4.73. The summed E-state index contributed by atoms with van der Waals surface area (Å²) in [6, 6.07) is -0.225. The molecule has 0 saturated carbocycles. The van der Waals surface area contributed by atoms with Crippen LogP contribution < -0.4 is 5.32 Å². The number of hydrogen-bond acceptors (Lipinski definition) is 4. The lowest BCUT2D eigenvalue weighted by atomic mass is 10.3. The third-order valence-corrected chi connectivity index (χ3v) is 2.92. The van der Waals surface area contributed by atoms with Crippen LogP contribution in [0.2, 0.25) is 0 Å². The number of carboxylic acids is 1. The van der Waals surface area contributed by atoms with Crippen LogP contribution in [-0.4, -0.2) is 57.6 Å². The van der Waals surface area contributed by atoms with E-state index in [4.69, 9.17) is 9.84 Å². The van der Waals surface area contributed by atoms with Crippen molar-refractivity contribution in [3.63, 3.8) is 0 Å². The molecule has 2 rings (SSSR count). The van der Waals surface area contributed by atoms with Crippen LogP contribution in [0.25, 0.3) is 0 Å². The molecule has 20 heavy (non-hydrogen) atoms. The molecule has 2 heterocycles. The minimum atomic E-state index is -0.982. The Hall–Kier alpha value is -2.09. The zero-order chi connectivity index (χ0) is 14.5. The normalized spacial score (nSPS) is 19.4. The van der Waals surface area contributed by atoms with Gasteiger partial charge >= 0.3 is 12.0 Å². The van der Waals surface area contributed by atoms with Crippen LogP contribution in [-0.2, 0) is 16.1 Å². The number of carbonyl (C=O) groups is 2. The quantitative estimate of drug-likeness (QED) is 0.846. The number of aliphatic carboxylic acids is 1. The number of aromatic nitrogens is 2. The molecule has 0 bridgehead atoms. The maximum Gasteiger partial charge on any atom is 0.325 e. The Kier molecular flexibility index (Phi) is 4.57. The van der Waals surface area contributed by atoms with Gasteiger partial charge in [0.2, 0.25) is 0 Å². The van der Waals surface area contributed by atoms with Gasteiger partial charge in [-0.15, -0.1) is 0 Å². The molecule has 1 aromatic heterocycles.